The van der Waals surface area contributed by atoms with Gasteiger partial charge in [-0.25, -0.2) is 0 Å². The minimum Gasteiger partial charge on any atom is -0.298 e. The second kappa shape index (κ2) is 7.42. The van der Waals surface area contributed by atoms with Crippen LogP contribution in [0.15, 0.2) is 132 Å². The van der Waals surface area contributed by atoms with Crippen molar-refractivity contribution in [1.82, 2.24) is 0 Å². The van der Waals surface area contributed by atoms with Gasteiger partial charge in [-0.1, -0.05) is 109 Å². The van der Waals surface area contributed by atoms with Crippen molar-refractivity contribution >= 4 is 16.6 Å². The minimum absolute atomic E-state index is 0.144. The van der Waals surface area contributed by atoms with E-state index in [9.17, 15) is 4.79 Å². The number of fused-ring (bicyclic) bond motifs is 2. The van der Waals surface area contributed by atoms with E-state index in [-0.39, 0.29) is 23.7 Å². The van der Waals surface area contributed by atoms with E-state index in [1.807, 2.05) is 0 Å². The van der Waals surface area contributed by atoms with Gasteiger partial charge in [-0.05, 0) is 79.3 Å². The molecule has 0 aromatic heterocycles. The van der Waals surface area contributed by atoms with Crippen LogP contribution in [0.25, 0.3) is 10.8 Å². The maximum absolute atomic E-state index is 14.8. The van der Waals surface area contributed by atoms with Crippen molar-refractivity contribution < 1.29 is 4.79 Å². The summed E-state index contributed by atoms with van der Waals surface area (Å²) in [6, 6.07) is 31.0. The Balaban J connectivity index is 1.40. The zero-order valence-electron chi connectivity index (χ0n) is 21.0. The van der Waals surface area contributed by atoms with E-state index in [1.165, 1.54) is 66.4 Å². The van der Waals surface area contributed by atoms with Crippen molar-refractivity contribution in [3.05, 3.63) is 165 Å². The molecule has 0 bridgehead atoms. The summed E-state index contributed by atoms with van der Waals surface area (Å²) in [6.07, 6.45) is 10.9. The zero-order valence-corrected chi connectivity index (χ0v) is 21.0. The first-order valence-electron chi connectivity index (χ1n) is 13.8. The van der Waals surface area contributed by atoms with Gasteiger partial charge in [0, 0.05) is 11.8 Å². The highest BCUT2D eigenvalue weighted by Gasteiger charge is 2.50. The van der Waals surface area contributed by atoms with Crippen LogP contribution >= 0.6 is 0 Å². The van der Waals surface area contributed by atoms with E-state index < -0.39 is 0 Å². The quantitative estimate of drug-likeness (QED) is 0.278. The average Bonchev–Trinajstić information content (AvgIpc) is 3.65. The number of hydrogen-bond acceptors (Lipinski definition) is 1. The molecule has 4 atom stereocenters. The monoisotopic (exact) mass is 486 g/mol. The van der Waals surface area contributed by atoms with Gasteiger partial charge in [0.1, 0.15) is 0 Å². The Morgan fingerprint density at radius 2 is 1.00 bits per heavy atom. The molecule has 0 radical (unpaired) electrons. The Bertz CT molecular complexity index is 1700. The Kier molecular flexibility index (Phi) is 4.06. The van der Waals surface area contributed by atoms with Crippen LogP contribution in [0.4, 0.5) is 0 Å². The van der Waals surface area contributed by atoms with Crippen molar-refractivity contribution in [3.8, 4) is 0 Å². The standard InChI is InChI=1S/C37H26O/c38-37-35-26-15-7-13-24(26)30(21-9-3-1-4-10-21)28-19-17-23-18-20-29-31(22-11-5-2-6-12-22)25-14-8-16-27(25)36(37)34(29)32(23)33(28)35/h1-14,17-20,30-31,35-36H,15-16H2. The normalized spacial score (nSPS) is 25.8. The predicted octanol–water partition coefficient (Wildman–Crippen LogP) is 8.39. The van der Waals surface area contributed by atoms with Crippen molar-refractivity contribution in [3.63, 3.8) is 0 Å². The summed E-state index contributed by atoms with van der Waals surface area (Å²) in [5, 5.41) is 2.63. The minimum atomic E-state index is -0.144. The Morgan fingerprint density at radius 3 is 1.47 bits per heavy atom. The van der Waals surface area contributed by atoms with E-state index in [1.54, 1.807) is 0 Å². The third kappa shape index (κ3) is 2.50. The van der Waals surface area contributed by atoms with Crippen LogP contribution in [0.2, 0.25) is 0 Å². The molecule has 1 nitrogen and oxygen atoms in total. The van der Waals surface area contributed by atoms with Crippen LogP contribution in [0.5, 0.6) is 0 Å². The Labute approximate surface area is 222 Å². The molecule has 0 aliphatic heterocycles. The molecular formula is C37H26O. The van der Waals surface area contributed by atoms with E-state index >= 15 is 0 Å². The van der Waals surface area contributed by atoms with E-state index in [0.717, 1.165) is 12.8 Å². The smallest absolute Gasteiger partial charge is 0.155 e. The molecule has 0 heterocycles. The third-order valence-corrected chi connectivity index (χ3v) is 9.70. The van der Waals surface area contributed by atoms with Gasteiger partial charge in [0.25, 0.3) is 0 Å². The lowest BCUT2D eigenvalue weighted by molar-refractivity contribution is -0.120. The van der Waals surface area contributed by atoms with Crippen LogP contribution in [0.1, 0.15) is 69.9 Å². The molecule has 38 heavy (non-hydrogen) atoms. The van der Waals surface area contributed by atoms with Crippen molar-refractivity contribution in [2.24, 2.45) is 0 Å². The van der Waals surface area contributed by atoms with Gasteiger partial charge in [-0.3, -0.25) is 4.79 Å². The molecule has 0 spiro atoms. The summed E-state index contributed by atoms with van der Waals surface area (Å²) in [7, 11) is 0. The van der Waals surface area contributed by atoms with Crippen LogP contribution in [0, 0.1) is 0 Å². The first-order valence-corrected chi connectivity index (χ1v) is 13.8. The highest BCUT2D eigenvalue weighted by molar-refractivity contribution is 6.11. The fourth-order valence-corrected chi connectivity index (χ4v) is 8.33. The lowest BCUT2D eigenvalue weighted by atomic mass is 9.58. The number of carbonyl (C=O) groups excluding carboxylic acids is 1. The summed E-state index contributed by atoms with van der Waals surface area (Å²) in [6.45, 7) is 0. The van der Waals surface area contributed by atoms with Crippen molar-refractivity contribution in [1.29, 1.82) is 0 Å². The molecule has 4 aromatic rings. The van der Waals surface area contributed by atoms with Gasteiger partial charge >= 0.3 is 0 Å². The number of carbonyl (C=O) groups is 1. The van der Waals surface area contributed by atoms with E-state index in [4.69, 9.17) is 0 Å². The number of hydrogen-bond donors (Lipinski definition) is 0. The molecule has 5 aliphatic rings. The summed E-state index contributed by atoms with van der Waals surface area (Å²) in [5.41, 5.74) is 13.2. The molecule has 4 aromatic carbocycles. The fraction of sp³-hybridized carbons (Fsp3) is 0.162. The maximum Gasteiger partial charge on any atom is 0.155 e. The molecular weight excluding hydrogens is 460 g/mol. The van der Waals surface area contributed by atoms with Crippen LogP contribution in [-0.2, 0) is 4.79 Å². The maximum atomic E-state index is 14.8. The molecule has 0 saturated heterocycles. The number of rotatable bonds is 2. The van der Waals surface area contributed by atoms with Gasteiger partial charge in [-0.15, -0.1) is 0 Å². The number of Topliss-reactive ketones (excluding diaryl/α,β-unsaturated/α-hetero) is 1. The SMILES string of the molecule is O=C1C2C3=C(C=CC3)C(c3ccccc3)c3ccc4ccc5c(c4c32)C1C1=C(C=CC1)C5c1ccccc1. The summed E-state index contributed by atoms with van der Waals surface area (Å²) < 4.78 is 0. The molecule has 4 unspecified atom stereocenters. The molecule has 9 rings (SSSR count). The van der Waals surface area contributed by atoms with Crippen LogP contribution in [-0.4, -0.2) is 5.78 Å². The molecule has 180 valence electrons. The molecule has 5 aliphatic carbocycles. The van der Waals surface area contributed by atoms with E-state index in [2.05, 4.69) is 109 Å². The lowest BCUT2D eigenvalue weighted by Crippen LogP contribution is -2.35. The highest BCUT2D eigenvalue weighted by atomic mass is 16.1. The lowest BCUT2D eigenvalue weighted by Gasteiger charge is -2.43. The fourth-order valence-electron chi connectivity index (χ4n) is 8.33. The molecule has 0 saturated carbocycles. The first-order chi connectivity index (χ1) is 18.8. The first kappa shape index (κ1) is 20.8. The van der Waals surface area contributed by atoms with Gasteiger partial charge < -0.3 is 0 Å². The van der Waals surface area contributed by atoms with Crippen LogP contribution < -0.4 is 0 Å². The summed E-state index contributed by atoms with van der Waals surface area (Å²) >= 11 is 0. The van der Waals surface area contributed by atoms with Gasteiger partial charge in [0.05, 0.1) is 11.8 Å². The van der Waals surface area contributed by atoms with Gasteiger partial charge in [0.15, 0.2) is 5.78 Å². The summed E-state index contributed by atoms with van der Waals surface area (Å²) in [4.78, 5) is 14.8. The van der Waals surface area contributed by atoms with Crippen molar-refractivity contribution in [2.75, 3.05) is 0 Å². The molecule has 1 heteroatoms. The Hall–Kier alpha value is -4.23. The zero-order chi connectivity index (χ0) is 25.0. The number of ketones is 1. The average molecular weight is 487 g/mol. The molecule has 0 N–H and O–H groups in total. The highest BCUT2D eigenvalue weighted by Crippen LogP contribution is 2.61. The van der Waals surface area contributed by atoms with Gasteiger partial charge in [0.2, 0.25) is 0 Å². The second-order valence-electron chi connectivity index (χ2n) is 11.4. The third-order valence-electron chi connectivity index (χ3n) is 9.70. The summed E-state index contributed by atoms with van der Waals surface area (Å²) in [5.74, 6) is 0.460. The van der Waals surface area contributed by atoms with Crippen molar-refractivity contribution in [2.45, 2.75) is 36.5 Å². The topological polar surface area (TPSA) is 17.1 Å². The predicted molar refractivity (Wildman–Crippen MR) is 153 cm³/mol. The van der Waals surface area contributed by atoms with Gasteiger partial charge in [-0.2, -0.15) is 0 Å². The van der Waals surface area contributed by atoms with Crippen LogP contribution in [0.3, 0.4) is 0 Å². The molecule has 0 fully saturated rings. The largest absolute Gasteiger partial charge is 0.298 e. The Morgan fingerprint density at radius 1 is 0.526 bits per heavy atom. The number of benzene rings is 4. The number of allylic oxidation sites excluding steroid dienone is 8. The molecule has 0 amide bonds. The van der Waals surface area contributed by atoms with E-state index in [0.29, 0.717) is 5.78 Å². The second-order valence-corrected chi connectivity index (χ2v) is 11.4.